The van der Waals surface area contributed by atoms with E-state index in [2.05, 4.69) is 26.0 Å². The monoisotopic (exact) mass is 581 g/mol. The number of alkyl halides is 4. The van der Waals surface area contributed by atoms with E-state index in [9.17, 15) is 18.0 Å². The predicted octanol–water partition coefficient (Wildman–Crippen LogP) is 5.67. The first-order valence-corrected chi connectivity index (χ1v) is 13.1. The van der Waals surface area contributed by atoms with Gasteiger partial charge in [-0.2, -0.15) is 18.3 Å². The molecule has 6 nitrogen and oxygen atoms in total. The van der Waals surface area contributed by atoms with Gasteiger partial charge in [-0.3, -0.25) is 9.48 Å². The van der Waals surface area contributed by atoms with Crippen molar-refractivity contribution >= 4 is 39.3 Å². The second kappa shape index (κ2) is 9.37. The maximum absolute atomic E-state index is 13.9. The highest BCUT2D eigenvalue weighted by Gasteiger charge is 2.40. The van der Waals surface area contributed by atoms with E-state index in [0.29, 0.717) is 52.9 Å². The number of fused-ring (bicyclic) bond motifs is 2. The molecule has 2 aliphatic heterocycles. The van der Waals surface area contributed by atoms with Crippen LogP contribution < -0.4 is 4.90 Å². The molecular formula is C25H24BrClF3N5O. The summed E-state index contributed by atoms with van der Waals surface area (Å²) in [7, 11) is 3.42. The number of nitrogens with zero attached hydrogens (tertiary/aromatic N) is 5. The number of pyridine rings is 1. The van der Waals surface area contributed by atoms with Gasteiger partial charge in [0.25, 0.3) is 5.91 Å². The molecule has 36 heavy (non-hydrogen) atoms. The van der Waals surface area contributed by atoms with Crippen molar-refractivity contribution in [3.63, 3.8) is 0 Å². The van der Waals surface area contributed by atoms with Crippen molar-refractivity contribution in [2.45, 2.75) is 31.5 Å². The van der Waals surface area contributed by atoms with Crippen LogP contribution in [0.3, 0.4) is 0 Å². The molecule has 0 unspecified atom stereocenters. The molecule has 5 rings (SSSR count). The summed E-state index contributed by atoms with van der Waals surface area (Å²) >= 11 is 9.67. The van der Waals surface area contributed by atoms with Gasteiger partial charge >= 0.3 is 6.18 Å². The summed E-state index contributed by atoms with van der Waals surface area (Å²) in [6.45, 7) is 1.11. The molecule has 3 aromatic rings. The number of aryl methyl sites for hydroxylation is 2. The van der Waals surface area contributed by atoms with E-state index in [1.165, 1.54) is 17.9 Å². The molecule has 1 aromatic carbocycles. The lowest BCUT2D eigenvalue weighted by molar-refractivity contribution is -0.140. The van der Waals surface area contributed by atoms with Crippen LogP contribution in [0.2, 0.25) is 5.02 Å². The summed E-state index contributed by atoms with van der Waals surface area (Å²) in [6.07, 6.45) is 0.0926. The fourth-order valence-electron chi connectivity index (χ4n) is 5.28. The number of amides is 1. The lowest BCUT2D eigenvalue weighted by Gasteiger charge is -2.41. The number of halogens is 5. The van der Waals surface area contributed by atoms with E-state index in [0.717, 1.165) is 23.5 Å². The van der Waals surface area contributed by atoms with Crippen molar-refractivity contribution in [2.75, 3.05) is 30.4 Å². The molecule has 0 radical (unpaired) electrons. The van der Waals surface area contributed by atoms with Crippen LogP contribution in [0.4, 0.5) is 19.0 Å². The first-order valence-electron chi connectivity index (χ1n) is 11.6. The molecule has 0 N–H and O–H groups in total. The summed E-state index contributed by atoms with van der Waals surface area (Å²) in [4.78, 5) is 22.3. The molecule has 11 heteroatoms. The zero-order valence-electron chi connectivity index (χ0n) is 19.7. The predicted molar refractivity (Wildman–Crippen MR) is 136 cm³/mol. The third kappa shape index (κ3) is 4.38. The van der Waals surface area contributed by atoms with Crippen LogP contribution in [0.25, 0.3) is 11.1 Å². The van der Waals surface area contributed by atoms with Crippen molar-refractivity contribution in [1.82, 2.24) is 19.7 Å². The molecule has 1 amide bonds. The van der Waals surface area contributed by atoms with Crippen molar-refractivity contribution in [3.8, 4) is 11.1 Å². The maximum Gasteiger partial charge on any atom is 0.435 e. The van der Waals surface area contributed by atoms with E-state index in [1.807, 2.05) is 29.0 Å². The van der Waals surface area contributed by atoms with Crippen LogP contribution in [0.15, 0.2) is 30.6 Å². The quantitative estimate of drug-likeness (QED) is 0.372. The minimum atomic E-state index is -4.61. The number of anilines is 1. The Kier molecular flexibility index (Phi) is 6.53. The Morgan fingerprint density at radius 1 is 1.14 bits per heavy atom. The van der Waals surface area contributed by atoms with Crippen LogP contribution in [-0.4, -0.2) is 51.0 Å². The lowest BCUT2D eigenvalue weighted by Crippen LogP contribution is -2.44. The van der Waals surface area contributed by atoms with Gasteiger partial charge in [0, 0.05) is 61.6 Å². The van der Waals surface area contributed by atoms with Gasteiger partial charge in [-0.1, -0.05) is 33.6 Å². The Morgan fingerprint density at radius 3 is 2.61 bits per heavy atom. The van der Waals surface area contributed by atoms with Gasteiger partial charge in [0.2, 0.25) is 0 Å². The maximum atomic E-state index is 13.9. The molecule has 0 aliphatic carbocycles. The first kappa shape index (κ1) is 25.1. The number of rotatable bonds is 4. The average molecular weight is 583 g/mol. The fraction of sp³-hybridized carbons (Fsp3) is 0.400. The normalized spacial score (nSPS) is 17.9. The van der Waals surface area contributed by atoms with Gasteiger partial charge in [0.15, 0.2) is 5.69 Å². The van der Waals surface area contributed by atoms with Crippen LogP contribution in [0, 0.1) is 0 Å². The Hall–Kier alpha value is -2.59. The molecule has 0 saturated heterocycles. The summed E-state index contributed by atoms with van der Waals surface area (Å²) in [6, 6.07) is 5.23. The number of carbonyl (C=O) groups excluding carboxylic acids is 1. The van der Waals surface area contributed by atoms with Crippen molar-refractivity contribution in [3.05, 3.63) is 63.6 Å². The zero-order valence-corrected chi connectivity index (χ0v) is 22.1. The molecule has 1 atom stereocenters. The van der Waals surface area contributed by atoms with Crippen LogP contribution in [0.1, 0.15) is 45.2 Å². The molecule has 4 heterocycles. The third-order valence-electron chi connectivity index (χ3n) is 6.87. The standard InChI is InChI=1S/C25H24BrClF3N5O/c1-33-7-5-21(19-11-15(27)12-31-23(19)33)35-8-4-16-17(9-14(3-6-26)10-18(16)24(35)36)20-13-34(2)32-22(20)25(28,29)30/h9-13,21H,3-8H2,1-2H3/t21-/m0/s1. The summed E-state index contributed by atoms with van der Waals surface area (Å²) in [5.41, 5.74) is 2.23. The number of hydrogen-bond donors (Lipinski definition) is 0. The second-order valence-corrected chi connectivity index (χ2v) is 10.4. The molecule has 2 aliphatic rings. The Balaban J connectivity index is 1.62. The highest BCUT2D eigenvalue weighted by Crippen LogP contribution is 2.43. The van der Waals surface area contributed by atoms with Gasteiger partial charge in [-0.05, 0) is 48.1 Å². The molecule has 2 aromatic heterocycles. The van der Waals surface area contributed by atoms with Gasteiger partial charge in [0.1, 0.15) is 5.82 Å². The zero-order chi connectivity index (χ0) is 25.8. The van der Waals surface area contributed by atoms with Gasteiger partial charge in [0.05, 0.1) is 11.1 Å². The van der Waals surface area contributed by atoms with Gasteiger partial charge in [-0.25, -0.2) is 4.98 Å². The minimum absolute atomic E-state index is 0.000425. The van der Waals surface area contributed by atoms with E-state index in [-0.39, 0.29) is 17.5 Å². The third-order valence-corrected chi connectivity index (χ3v) is 7.47. The SMILES string of the molecule is CN1CC[C@H](N2CCc3c(cc(CCBr)cc3-c3cn(C)nc3C(F)(F)F)C2=O)c2cc(Cl)cnc21. The number of aromatic nitrogens is 3. The number of benzene rings is 1. The van der Waals surface area contributed by atoms with Crippen LogP contribution >= 0.6 is 27.5 Å². The molecule has 0 saturated carbocycles. The fourth-order valence-corrected chi connectivity index (χ4v) is 5.90. The largest absolute Gasteiger partial charge is 0.435 e. The van der Waals surface area contributed by atoms with Crippen molar-refractivity contribution < 1.29 is 18.0 Å². The van der Waals surface area contributed by atoms with Crippen molar-refractivity contribution in [1.29, 1.82) is 0 Å². The topological polar surface area (TPSA) is 54.3 Å². The van der Waals surface area contributed by atoms with E-state index in [4.69, 9.17) is 11.6 Å². The summed E-state index contributed by atoms with van der Waals surface area (Å²) in [5.74, 6) is 0.597. The van der Waals surface area contributed by atoms with E-state index < -0.39 is 11.9 Å². The Labute approximate surface area is 220 Å². The lowest BCUT2D eigenvalue weighted by atomic mass is 9.86. The van der Waals surface area contributed by atoms with E-state index >= 15 is 0 Å². The van der Waals surface area contributed by atoms with Crippen LogP contribution in [-0.2, 0) is 26.1 Å². The summed E-state index contributed by atoms with van der Waals surface area (Å²) < 4.78 is 42.7. The first-order chi connectivity index (χ1) is 17.1. The Bertz CT molecular complexity index is 1340. The molecule has 0 bridgehead atoms. The molecular weight excluding hydrogens is 559 g/mol. The van der Waals surface area contributed by atoms with Crippen molar-refractivity contribution in [2.24, 2.45) is 7.05 Å². The molecule has 190 valence electrons. The summed E-state index contributed by atoms with van der Waals surface area (Å²) in [5, 5.41) is 4.81. The molecule has 0 spiro atoms. The minimum Gasteiger partial charge on any atom is -0.359 e. The highest BCUT2D eigenvalue weighted by molar-refractivity contribution is 9.09. The smallest absolute Gasteiger partial charge is 0.359 e. The van der Waals surface area contributed by atoms with E-state index in [1.54, 1.807) is 12.3 Å². The highest BCUT2D eigenvalue weighted by atomic mass is 79.9. The number of hydrogen-bond acceptors (Lipinski definition) is 4. The molecule has 0 fully saturated rings. The Morgan fingerprint density at radius 2 is 1.89 bits per heavy atom. The average Bonchev–Trinajstić information content (AvgIpc) is 3.22. The van der Waals surface area contributed by atoms with Gasteiger partial charge in [-0.15, -0.1) is 0 Å². The van der Waals surface area contributed by atoms with Gasteiger partial charge < -0.3 is 9.80 Å². The second-order valence-electron chi connectivity index (χ2n) is 9.21. The number of carbonyl (C=O) groups is 1. The van der Waals surface area contributed by atoms with Crippen LogP contribution in [0.5, 0.6) is 0 Å².